The average Bonchev–Trinajstić information content (AvgIpc) is 3.19. The molecule has 2 aliphatic rings. The molecule has 4 N–H and O–H groups in total. The summed E-state index contributed by atoms with van der Waals surface area (Å²) in [6.07, 6.45) is 4.44. The van der Waals surface area contributed by atoms with E-state index in [1.165, 1.54) is 0 Å². The van der Waals surface area contributed by atoms with Crippen LogP contribution in [0.15, 0.2) is 24.3 Å². The molecule has 1 amide bonds. The molecule has 5 nitrogen and oxygen atoms in total. The van der Waals surface area contributed by atoms with Gasteiger partial charge >= 0.3 is 0 Å². The summed E-state index contributed by atoms with van der Waals surface area (Å²) in [5.41, 5.74) is 5.87. The van der Waals surface area contributed by atoms with Crippen LogP contribution < -0.4 is 15.8 Å². The molecular formula is C16H22N2O3. The molecule has 5 heteroatoms. The number of rotatable bonds is 6. The molecule has 0 radical (unpaired) electrons. The van der Waals surface area contributed by atoms with Crippen LogP contribution in [0.3, 0.4) is 0 Å². The third-order valence-corrected chi connectivity index (χ3v) is 4.41. The van der Waals surface area contributed by atoms with E-state index in [1.807, 2.05) is 24.3 Å². The first-order valence-corrected chi connectivity index (χ1v) is 7.55. The van der Waals surface area contributed by atoms with E-state index in [0.717, 1.165) is 37.0 Å². The Hall–Kier alpha value is -1.59. The van der Waals surface area contributed by atoms with Crippen molar-refractivity contribution in [3.05, 3.63) is 29.8 Å². The third kappa shape index (κ3) is 3.19. The van der Waals surface area contributed by atoms with Crippen molar-refractivity contribution in [3.8, 4) is 5.75 Å². The highest BCUT2D eigenvalue weighted by atomic mass is 16.5. The van der Waals surface area contributed by atoms with Crippen molar-refractivity contribution in [1.82, 2.24) is 5.32 Å². The molecule has 2 saturated carbocycles. The van der Waals surface area contributed by atoms with Gasteiger partial charge in [0.25, 0.3) is 0 Å². The molecule has 0 aliphatic heterocycles. The lowest BCUT2D eigenvalue weighted by atomic mass is 9.96. The number of aliphatic hydroxyl groups excluding tert-OH is 1. The standard InChI is InChI=1S/C16H22N2O3/c17-15(20)16(18-12-3-4-12)8-7-14(9-16)21-13-5-1-11(10-19)2-6-13/h1-2,5-6,12,14,18-19H,3-4,7-10H2,(H2,17,20). The predicted octanol–water partition coefficient (Wildman–Crippen LogP) is 1.09. The Bertz CT molecular complexity index is 513. The van der Waals surface area contributed by atoms with Crippen molar-refractivity contribution in [3.63, 3.8) is 0 Å². The summed E-state index contributed by atoms with van der Waals surface area (Å²) in [6, 6.07) is 7.83. The van der Waals surface area contributed by atoms with E-state index in [-0.39, 0.29) is 18.6 Å². The maximum atomic E-state index is 11.8. The zero-order valence-corrected chi connectivity index (χ0v) is 12.0. The van der Waals surface area contributed by atoms with Crippen LogP contribution in [0.4, 0.5) is 0 Å². The highest BCUT2D eigenvalue weighted by Crippen LogP contribution is 2.36. The van der Waals surface area contributed by atoms with Crippen LogP contribution in [0, 0.1) is 0 Å². The molecule has 2 atom stereocenters. The zero-order valence-electron chi connectivity index (χ0n) is 12.0. The molecule has 3 rings (SSSR count). The Kier molecular flexibility index (Phi) is 3.87. The van der Waals surface area contributed by atoms with Gasteiger partial charge in [-0.15, -0.1) is 0 Å². The van der Waals surface area contributed by atoms with Crippen LogP contribution in [0.25, 0.3) is 0 Å². The van der Waals surface area contributed by atoms with Crippen LogP contribution in [-0.4, -0.2) is 28.7 Å². The van der Waals surface area contributed by atoms with Gasteiger partial charge in [-0.3, -0.25) is 4.79 Å². The summed E-state index contributed by atoms with van der Waals surface area (Å²) in [6.45, 7) is 0.0276. The molecule has 21 heavy (non-hydrogen) atoms. The van der Waals surface area contributed by atoms with E-state index < -0.39 is 5.54 Å². The zero-order chi connectivity index (χ0) is 14.9. The van der Waals surface area contributed by atoms with Crippen LogP contribution in [0.5, 0.6) is 5.75 Å². The molecule has 2 unspecified atom stereocenters. The Balaban J connectivity index is 1.63. The quantitative estimate of drug-likeness (QED) is 0.732. The van der Waals surface area contributed by atoms with Crippen LogP contribution in [0.2, 0.25) is 0 Å². The summed E-state index contributed by atoms with van der Waals surface area (Å²) in [4.78, 5) is 11.8. The van der Waals surface area contributed by atoms with E-state index in [0.29, 0.717) is 12.5 Å². The average molecular weight is 290 g/mol. The molecule has 0 bridgehead atoms. The minimum absolute atomic E-state index is 0.00345. The molecule has 2 fully saturated rings. The van der Waals surface area contributed by atoms with Crippen molar-refractivity contribution in [1.29, 1.82) is 0 Å². The van der Waals surface area contributed by atoms with Crippen LogP contribution >= 0.6 is 0 Å². The molecule has 0 spiro atoms. The molecule has 0 heterocycles. The Labute approximate surface area is 124 Å². The Morgan fingerprint density at radius 1 is 1.33 bits per heavy atom. The van der Waals surface area contributed by atoms with Gasteiger partial charge < -0.3 is 20.9 Å². The number of amides is 1. The van der Waals surface area contributed by atoms with E-state index in [1.54, 1.807) is 0 Å². The third-order valence-electron chi connectivity index (χ3n) is 4.41. The summed E-state index contributed by atoms with van der Waals surface area (Å²) in [5, 5.41) is 12.4. The first kappa shape index (κ1) is 14.4. The number of carbonyl (C=O) groups is 1. The molecule has 0 saturated heterocycles. The summed E-state index contributed by atoms with van der Waals surface area (Å²) in [5.74, 6) is 0.500. The van der Waals surface area contributed by atoms with Crippen molar-refractivity contribution < 1.29 is 14.6 Å². The number of hydrogen-bond donors (Lipinski definition) is 3. The highest BCUT2D eigenvalue weighted by molar-refractivity contribution is 5.85. The van der Waals surface area contributed by atoms with Gasteiger partial charge in [-0.05, 0) is 43.4 Å². The van der Waals surface area contributed by atoms with E-state index in [4.69, 9.17) is 15.6 Å². The molecule has 1 aromatic rings. The molecular weight excluding hydrogens is 268 g/mol. The van der Waals surface area contributed by atoms with Gasteiger partial charge in [0.2, 0.25) is 5.91 Å². The van der Waals surface area contributed by atoms with E-state index in [9.17, 15) is 4.79 Å². The maximum Gasteiger partial charge on any atom is 0.237 e. The normalized spacial score (nSPS) is 28.5. The topological polar surface area (TPSA) is 84.6 Å². The Morgan fingerprint density at radius 2 is 2.05 bits per heavy atom. The monoisotopic (exact) mass is 290 g/mol. The summed E-state index contributed by atoms with van der Waals surface area (Å²) < 4.78 is 5.95. The van der Waals surface area contributed by atoms with Crippen LogP contribution in [-0.2, 0) is 11.4 Å². The molecule has 1 aromatic carbocycles. The fourth-order valence-electron chi connectivity index (χ4n) is 3.01. The summed E-state index contributed by atoms with van der Waals surface area (Å²) in [7, 11) is 0. The number of aliphatic hydroxyl groups is 1. The molecule has 0 aromatic heterocycles. The number of carbonyl (C=O) groups excluding carboxylic acids is 1. The molecule has 2 aliphatic carbocycles. The van der Waals surface area contributed by atoms with Gasteiger partial charge in [-0.2, -0.15) is 0 Å². The van der Waals surface area contributed by atoms with Gasteiger partial charge in [-0.25, -0.2) is 0 Å². The van der Waals surface area contributed by atoms with E-state index in [2.05, 4.69) is 5.32 Å². The van der Waals surface area contributed by atoms with E-state index >= 15 is 0 Å². The minimum atomic E-state index is -0.600. The lowest BCUT2D eigenvalue weighted by Crippen LogP contribution is -2.55. The number of primary amides is 1. The largest absolute Gasteiger partial charge is 0.490 e. The summed E-state index contributed by atoms with van der Waals surface area (Å²) >= 11 is 0. The molecule has 114 valence electrons. The highest BCUT2D eigenvalue weighted by Gasteiger charge is 2.47. The van der Waals surface area contributed by atoms with Crippen molar-refractivity contribution >= 4 is 5.91 Å². The SMILES string of the molecule is NC(=O)C1(NC2CC2)CCC(Oc2ccc(CO)cc2)C1. The van der Waals surface area contributed by atoms with Crippen molar-refractivity contribution in [2.75, 3.05) is 0 Å². The fraction of sp³-hybridized carbons (Fsp3) is 0.562. The van der Waals surface area contributed by atoms with Gasteiger partial charge in [0.1, 0.15) is 17.4 Å². The number of hydrogen-bond acceptors (Lipinski definition) is 4. The number of ether oxygens (including phenoxy) is 1. The second-order valence-electron chi connectivity index (χ2n) is 6.15. The number of nitrogens with one attached hydrogen (secondary N) is 1. The lowest BCUT2D eigenvalue weighted by molar-refractivity contribution is -0.124. The second-order valence-corrected chi connectivity index (χ2v) is 6.15. The van der Waals surface area contributed by atoms with Crippen LogP contribution in [0.1, 0.15) is 37.7 Å². The van der Waals surface area contributed by atoms with Gasteiger partial charge in [0, 0.05) is 12.5 Å². The first-order valence-electron chi connectivity index (χ1n) is 7.55. The fourth-order valence-corrected chi connectivity index (χ4v) is 3.01. The number of nitrogens with two attached hydrogens (primary N) is 1. The second kappa shape index (κ2) is 5.66. The Morgan fingerprint density at radius 3 is 2.62 bits per heavy atom. The van der Waals surface area contributed by atoms with Gasteiger partial charge in [0.05, 0.1) is 6.61 Å². The first-order chi connectivity index (χ1) is 10.1. The van der Waals surface area contributed by atoms with Gasteiger partial charge in [0.15, 0.2) is 0 Å². The smallest absolute Gasteiger partial charge is 0.237 e. The lowest BCUT2D eigenvalue weighted by Gasteiger charge is -2.27. The van der Waals surface area contributed by atoms with Crippen molar-refractivity contribution in [2.24, 2.45) is 5.73 Å². The minimum Gasteiger partial charge on any atom is -0.490 e. The number of benzene rings is 1. The predicted molar refractivity (Wildman–Crippen MR) is 78.7 cm³/mol. The van der Waals surface area contributed by atoms with Crippen molar-refractivity contribution in [2.45, 2.75) is 56.4 Å². The van der Waals surface area contributed by atoms with Gasteiger partial charge in [-0.1, -0.05) is 12.1 Å². The maximum absolute atomic E-state index is 11.8.